The summed E-state index contributed by atoms with van der Waals surface area (Å²) in [6.45, 7) is 2.02. The van der Waals surface area contributed by atoms with Crippen LogP contribution < -0.4 is 10.1 Å². The molecule has 0 unspecified atom stereocenters. The fourth-order valence-corrected chi connectivity index (χ4v) is 2.79. The smallest absolute Gasteiger partial charge is 0.226 e. The second-order valence-electron chi connectivity index (χ2n) is 6.16. The molecule has 0 saturated carbocycles. The summed E-state index contributed by atoms with van der Waals surface area (Å²) in [6, 6.07) is 15.7. The van der Waals surface area contributed by atoms with Gasteiger partial charge in [0.05, 0.1) is 13.5 Å². The number of carbonyl (C=O) groups excluding carboxylic acids is 1. The van der Waals surface area contributed by atoms with E-state index in [0.717, 1.165) is 24.0 Å². The van der Waals surface area contributed by atoms with Crippen LogP contribution in [0, 0.1) is 0 Å². The van der Waals surface area contributed by atoms with Crippen LogP contribution in [0.1, 0.15) is 24.6 Å². The molecule has 5 heteroatoms. The van der Waals surface area contributed by atoms with Gasteiger partial charge in [-0.1, -0.05) is 29.4 Å². The molecular weight excluding hydrogens is 316 g/mol. The van der Waals surface area contributed by atoms with Crippen LogP contribution in [0.5, 0.6) is 5.75 Å². The average Bonchev–Trinajstić information content (AvgIpc) is 3.03. The Morgan fingerprint density at radius 2 is 1.96 bits per heavy atom. The summed E-state index contributed by atoms with van der Waals surface area (Å²) in [6.07, 6.45) is 2.00. The van der Waals surface area contributed by atoms with Crippen LogP contribution in [0.3, 0.4) is 0 Å². The largest absolute Gasteiger partial charge is 0.497 e. The van der Waals surface area contributed by atoms with E-state index in [2.05, 4.69) is 22.6 Å². The molecule has 1 N–H and O–H groups in total. The lowest BCUT2D eigenvalue weighted by molar-refractivity contribution is -0.121. The van der Waals surface area contributed by atoms with Crippen molar-refractivity contribution in [3.05, 3.63) is 59.8 Å². The first kappa shape index (κ1) is 17.0. The number of nitrogens with one attached hydrogen (secondary N) is 1. The predicted octanol–water partition coefficient (Wildman–Crippen LogP) is 3.52. The molecule has 3 aromatic rings. The summed E-state index contributed by atoms with van der Waals surface area (Å²) in [7, 11) is 1.66. The van der Waals surface area contributed by atoms with Gasteiger partial charge in [-0.3, -0.25) is 4.79 Å². The van der Waals surface area contributed by atoms with E-state index in [-0.39, 0.29) is 18.4 Å². The lowest BCUT2D eigenvalue weighted by atomic mass is 10.1. The minimum atomic E-state index is -0.0405. The zero-order chi connectivity index (χ0) is 17.6. The van der Waals surface area contributed by atoms with E-state index in [1.807, 2.05) is 43.3 Å². The summed E-state index contributed by atoms with van der Waals surface area (Å²) in [5, 5.41) is 7.93. The fourth-order valence-electron chi connectivity index (χ4n) is 2.79. The standard InChI is InChI=1S/C20H22N2O3/c1-14(7-8-15-9-11-16(24-2)12-10-15)21-20(23)13-18-17-5-3-4-6-19(17)25-22-18/h3-6,9-12,14H,7-8,13H2,1-2H3,(H,21,23)/t14-/m1/s1. The van der Waals surface area contributed by atoms with Gasteiger partial charge < -0.3 is 14.6 Å². The van der Waals surface area contributed by atoms with Crippen molar-refractivity contribution >= 4 is 16.9 Å². The molecule has 0 aliphatic carbocycles. The van der Waals surface area contributed by atoms with Crippen LogP contribution in [-0.2, 0) is 17.6 Å². The molecule has 3 rings (SSSR count). The summed E-state index contributed by atoms with van der Waals surface area (Å²) in [5.74, 6) is 0.811. The molecule has 0 fully saturated rings. The second-order valence-corrected chi connectivity index (χ2v) is 6.16. The number of rotatable bonds is 7. The molecule has 25 heavy (non-hydrogen) atoms. The van der Waals surface area contributed by atoms with E-state index in [0.29, 0.717) is 11.3 Å². The molecule has 5 nitrogen and oxygen atoms in total. The van der Waals surface area contributed by atoms with Gasteiger partial charge in [0.2, 0.25) is 5.91 Å². The van der Waals surface area contributed by atoms with Crippen LogP contribution in [0.4, 0.5) is 0 Å². The highest BCUT2D eigenvalue weighted by atomic mass is 16.5. The van der Waals surface area contributed by atoms with E-state index < -0.39 is 0 Å². The van der Waals surface area contributed by atoms with E-state index in [1.54, 1.807) is 7.11 Å². The highest BCUT2D eigenvalue weighted by Crippen LogP contribution is 2.18. The van der Waals surface area contributed by atoms with Gasteiger partial charge in [0.1, 0.15) is 11.4 Å². The summed E-state index contributed by atoms with van der Waals surface area (Å²) < 4.78 is 10.4. The molecule has 0 spiro atoms. The molecule has 1 heterocycles. The Bertz CT molecular complexity index is 840. The maximum atomic E-state index is 12.3. The van der Waals surface area contributed by atoms with Gasteiger partial charge in [-0.2, -0.15) is 0 Å². The monoisotopic (exact) mass is 338 g/mol. The zero-order valence-corrected chi connectivity index (χ0v) is 14.5. The van der Waals surface area contributed by atoms with Crippen LogP contribution in [-0.4, -0.2) is 24.2 Å². The molecule has 0 aliphatic heterocycles. The fraction of sp³-hybridized carbons (Fsp3) is 0.300. The van der Waals surface area contributed by atoms with E-state index in [4.69, 9.17) is 9.26 Å². The van der Waals surface area contributed by atoms with Gasteiger partial charge >= 0.3 is 0 Å². The van der Waals surface area contributed by atoms with Crippen molar-refractivity contribution in [2.75, 3.05) is 7.11 Å². The Morgan fingerprint density at radius 1 is 1.20 bits per heavy atom. The van der Waals surface area contributed by atoms with Gasteiger partial charge in [-0.25, -0.2) is 0 Å². The third-order valence-electron chi connectivity index (χ3n) is 4.21. The SMILES string of the molecule is COc1ccc(CC[C@@H](C)NC(=O)Cc2noc3ccccc23)cc1. The number of fused-ring (bicyclic) bond motifs is 1. The number of methoxy groups -OCH3 is 1. The molecule has 1 amide bonds. The van der Waals surface area contributed by atoms with Crippen molar-refractivity contribution in [2.45, 2.75) is 32.2 Å². The number of ether oxygens (including phenoxy) is 1. The number of benzene rings is 2. The Balaban J connectivity index is 1.50. The Labute approximate surface area is 147 Å². The Morgan fingerprint density at radius 3 is 2.72 bits per heavy atom. The van der Waals surface area contributed by atoms with Crippen LogP contribution >= 0.6 is 0 Å². The molecule has 0 aliphatic rings. The zero-order valence-electron chi connectivity index (χ0n) is 14.5. The highest BCUT2D eigenvalue weighted by molar-refractivity contribution is 5.86. The first-order valence-corrected chi connectivity index (χ1v) is 8.41. The molecule has 0 radical (unpaired) electrons. The minimum absolute atomic E-state index is 0.0405. The van der Waals surface area contributed by atoms with Crippen molar-refractivity contribution in [1.29, 1.82) is 0 Å². The van der Waals surface area contributed by atoms with Gasteiger partial charge in [0.25, 0.3) is 0 Å². The number of carbonyl (C=O) groups is 1. The third-order valence-corrected chi connectivity index (χ3v) is 4.21. The first-order chi connectivity index (χ1) is 12.2. The average molecular weight is 338 g/mol. The van der Waals surface area contributed by atoms with Gasteiger partial charge in [-0.05, 0) is 49.6 Å². The van der Waals surface area contributed by atoms with Crippen molar-refractivity contribution in [3.8, 4) is 5.75 Å². The predicted molar refractivity (Wildman–Crippen MR) is 96.6 cm³/mol. The molecule has 1 atom stereocenters. The van der Waals surface area contributed by atoms with Crippen molar-refractivity contribution in [3.63, 3.8) is 0 Å². The Kier molecular flexibility index (Phi) is 5.33. The summed E-state index contributed by atoms with van der Waals surface area (Å²) >= 11 is 0. The molecule has 130 valence electrons. The second kappa shape index (κ2) is 7.83. The van der Waals surface area contributed by atoms with Gasteiger partial charge in [0, 0.05) is 11.4 Å². The normalized spacial score (nSPS) is 12.1. The number of aryl methyl sites for hydroxylation is 1. The minimum Gasteiger partial charge on any atom is -0.497 e. The number of nitrogens with zero attached hydrogens (tertiary/aromatic N) is 1. The summed E-state index contributed by atoms with van der Waals surface area (Å²) in [5.41, 5.74) is 2.61. The van der Waals surface area contributed by atoms with Crippen molar-refractivity contribution < 1.29 is 14.1 Å². The molecular formula is C20H22N2O3. The van der Waals surface area contributed by atoms with E-state index in [9.17, 15) is 4.79 Å². The Hall–Kier alpha value is -2.82. The molecule has 0 bridgehead atoms. The van der Waals surface area contributed by atoms with E-state index in [1.165, 1.54) is 5.56 Å². The highest BCUT2D eigenvalue weighted by Gasteiger charge is 2.13. The lowest BCUT2D eigenvalue weighted by Crippen LogP contribution is -2.34. The number of hydrogen-bond acceptors (Lipinski definition) is 4. The maximum Gasteiger partial charge on any atom is 0.226 e. The number of hydrogen-bond donors (Lipinski definition) is 1. The van der Waals surface area contributed by atoms with E-state index >= 15 is 0 Å². The van der Waals surface area contributed by atoms with Crippen molar-refractivity contribution in [2.24, 2.45) is 0 Å². The quantitative estimate of drug-likeness (QED) is 0.716. The first-order valence-electron chi connectivity index (χ1n) is 8.41. The lowest BCUT2D eigenvalue weighted by Gasteiger charge is -2.13. The number of para-hydroxylation sites is 1. The van der Waals surface area contributed by atoms with Crippen LogP contribution in [0.25, 0.3) is 11.0 Å². The molecule has 0 saturated heterocycles. The molecule has 1 aromatic heterocycles. The van der Waals surface area contributed by atoms with Gasteiger partial charge in [-0.15, -0.1) is 0 Å². The third kappa shape index (κ3) is 4.38. The van der Waals surface area contributed by atoms with Crippen LogP contribution in [0.15, 0.2) is 53.1 Å². The number of aromatic nitrogens is 1. The maximum absolute atomic E-state index is 12.3. The number of amides is 1. The topological polar surface area (TPSA) is 64.4 Å². The van der Waals surface area contributed by atoms with Gasteiger partial charge in [0.15, 0.2) is 5.58 Å². The summed E-state index contributed by atoms with van der Waals surface area (Å²) in [4.78, 5) is 12.3. The van der Waals surface area contributed by atoms with Crippen LogP contribution in [0.2, 0.25) is 0 Å². The molecule has 2 aromatic carbocycles. The van der Waals surface area contributed by atoms with Crippen molar-refractivity contribution in [1.82, 2.24) is 10.5 Å².